The molecule has 3 rings (SSSR count). The predicted molar refractivity (Wildman–Crippen MR) is 82.3 cm³/mol. The van der Waals surface area contributed by atoms with E-state index in [9.17, 15) is 4.79 Å². The number of fused-ring (bicyclic) bond motifs is 2. The summed E-state index contributed by atoms with van der Waals surface area (Å²) in [5.41, 5.74) is -0.403. The van der Waals surface area contributed by atoms with Gasteiger partial charge in [-0.3, -0.25) is 0 Å². The Labute approximate surface area is 128 Å². The zero-order chi connectivity index (χ0) is 15.0. The van der Waals surface area contributed by atoms with E-state index in [2.05, 4.69) is 10.2 Å². The number of nitrogens with one attached hydrogen (secondary N) is 1. The molecule has 0 aromatic carbocycles. The minimum atomic E-state index is -0.403. The van der Waals surface area contributed by atoms with Crippen molar-refractivity contribution in [3.63, 3.8) is 0 Å². The summed E-state index contributed by atoms with van der Waals surface area (Å²) in [5, 5.41) is 3.82. The fourth-order valence-corrected chi connectivity index (χ4v) is 3.86. The van der Waals surface area contributed by atoms with E-state index in [1.165, 1.54) is 32.5 Å². The SMILES string of the molecule is CC(C)(C)OC(=O)N1CCC(NC2CCN3CCC2C3)C1. The van der Waals surface area contributed by atoms with Crippen molar-refractivity contribution in [1.82, 2.24) is 15.1 Å². The lowest BCUT2D eigenvalue weighted by molar-refractivity contribution is 0.0289. The molecule has 3 aliphatic heterocycles. The van der Waals surface area contributed by atoms with Crippen LogP contribution in [0.25, 0.3) is 0 Å². The zero-order valence-corrected chi connectivity index (χ0v) is 13.6. The summed E-state index contributed by atoms with van der Waals surface area (Å²) in [7, 11) is 0. The maximum absolute atomic E-state index is 12.1. The molecule has 3 fully saturated rings. The Bertz CT molecular complexity index is 393. The van der Waals surface area contributed by atoms with Crippen molar-refractivity contribution in [1.29, 1.82) is 0 Å². The standard InChI is InChI=1S/C16H29N3O2/c1-16(2,3)21-15(20)19-9-5-13(11-19)17-14-6-8-18-7-4-12(14)10-18/h12-14,17H,4-11H2,1-3H3. The first-order chi connectivity index (χ1) is 9.90. The molecule has 0 spiro atoms. The molecule has 0 aromatic rings. The molecular weight excluding hydrogens is 266 g/mol. The van der Waals surface area contributed by atoms with Gasteiger partial charge in [0, 0.05) is 31.7 Å². The molecule has 0 aliphatic carbocycles. The smallest absolute Gasteiger partial charge is 0.410 e. The summed E-state index contributed by atoms with van der Waals surface area (Å²) in [4.78, 5) is 16.5. The van der Waals surface area contributed by atoms with Crippen molar-refractivity contribution in [2.24, 2.45) is 5.92 Å². The fourth-order valence-electron chi connectivity index (χ4n) is 3.86. The van der Waals surface area contributed by atoms with Crippen LogP contribution >= 0.6 is 0 Å². The maximum atomic E-state index is 12.1. The molecule has 3 aliphatic rings. The largest absolute Gasteiger partial charge is 0.444 e. The van der Waals surface area contributed by atoms with Gasteiger partial charge in [-0.25, -0.2) is 4.79 Å². The summed E-state index contributed by atoms with van der Waals surface area (Å²) in [6.45, 7) is 11.1. The average molecular weight is 295 g/mol. The first-order valence-corrected chi connectivity index (χ1v) is 8.37. The summed E-state index contributed by atoms with van der Waals surface area (Å²) in [6, 6.07) is 1.09. The highest BCUT2D eigenvalue weighted by Crippen LogP contribution is 2.28. The van der Waals surface area contributed by atoms with E-state index >= 15 is 0 Å². The number of hydrogen-bond acceptors (Lipinski definition) is 4. The lowest BCUT2D eigenvalue weighted by Crippen LogP contribution is -2.49. The maximum Gasteiger partial charge on any atom is 0.410 e. The average Bonchev–Trinajstić information content (AvgIpc) is 2.98. The van der Waals surface area contributed by atoms with Crippen molar-refractivity contribution < 1.29 is 9.53 Å². The minimum Gasteiger partial charge on any atom is -0.444 e. The van der Waals surface area contributed by atoms with Crippen molar-refractivity contribution in [2.75, 3.05) is 32.7 Å². The van der Waals surface area contributed by atoms with Crippen LogP contribution in [0.3, 0.4) is 0 Å². The van der Waals surface area contributed by atoms with Crippen molar-refractivity contribution in [2.45, 2.75) is 57.7 Å². The lowest BCUT2D eigenvalue weighted by atomic mass is 9.93. The van der Waals surface area contributed by atoms with Crippen LogP contribution in [-0.4, -0.2) is 66.3 Å². The van der Waals surface area contributed by atoms with Gasteiger partial charge < -0.3 is 19.9 Å². The van der Waals surface area contributed by atoms with E-state index in [0.717, 1.165) is 25.4 Å². The molecule has 5 nitrogen and oxygen atoms in total. The predicted octanol–water partition coefficient (Wildman–Crippen LogP) is 1.68. The molecular formula is C16H29N3O2. The van der Waals surface area contributed by atoms with Crippen molar-refractivity contribution in [3.05, 3.63) is 0 Å². The molecule has 0 saturated carbocycles. The quantitative estimate of drug-likeness (QED) is 0.842. The third kappa shape index (κ3) is 3.69. The van der Waals surface area contributed by atoms with E-state index in [1.807, 2.05) is 25.7 Å². The summed E-state index contributed by atoms with van der Waals surface area (Å²) in [5.74, 6) is 0.814. The fraction of sp³-hybridized carbons (Fsp3) is 0.938. The number of carbonyl (C=O) groups is 1. The zero-order valence-electron chi connectivity index (χ0n) is 13.6. The number of ether oxygens (including phenoxy) is 1. The Balaban J connectivity index is 1.47. The molecule has 1 amide bonds. The first kappa shape index (κ1) is 15.1. The molecule has 4 unspecified atom stereocenters. The molecule has 2 bridgehead atoms. The topological polar surface area (TPSA) is 44.8 Å². The van der Waals surface area contributed by atoms with E-state index in [4.69, 9.17) is 4.74 Å². The van der Waals surface area contributed by atoms with Gasteiger partial charge in [-0.15, -0.1) is 0 Å². The van der Waals surface area contributed by atoms with Crippen LogP contribution in [0.2, 0.25) is 0 Å². The van der Waals surface area contributed by atoms with E-state index in [1.54, 1.807) is 0 Å². The lowest BCUT2D eigenvalue weighted by Gasteiger charge is -2.33. The number of piperidine rings is 1. The molecule has 3 heterocycles. The molecule has 3 saturated heterocycles. The molecule has 120 valence electrons. The Morgan fingerprint density at radius 2 is 1.86 bits per heavy atom. The van der Waals surface area contributed by atoms with Gasteiger partial charge in [-0.05, 0) is 59.0 Å². The van der Waals surface area contributed by atoms with E-state index in [-0.39, 0.29) is 6.09 Å². The molecule has 1 N–H and O–H groups in total. The normalized spacial score (nSPS) is 36.0. The number of carbonyl (C=O) groups excluding carboxylic acids is 1. The van der Waals surface area contributed by atoms with Crippen LogP contribution in [0.4, 0.5) is 4.79 Å². The highest BCUT2D eigenvalue weighted by molar-refractivity contribution is 5.68. The highest BCUT2D eigenvalue weighted by atomic mass is 16.6. The Morgan fingerprint density at radius 1 is 1.10 bits per heavy atom. The number of hydrogen-bond donors (Lipinski definition) is 1. The Kier molecular flexibility index (Phi) is 4.14. The summed E-state index contributed by atoms with van der Waals surface area (Å²) in [6.07, 6.45) is 3.47. The highest BCUT2D eigenvalue weighted by Gasteiger charge is 2.37. The van der Waals surface area contributed by atoms with Crippen LogP contribution in [0.5, 0.6) is 0 Å². The monoisotopic (exact) mass is 295 g/mol. The molecule has 4 atom stereocenters. The number of rotatable bonds is 2. The Hall–Kier alpha value is -0.810. The van der Waals surface area contributed by atoms with Crippen LogP contribution in [0, 0.1) is 5.92 Å². The van der Waals surface area contributed by atoms with Gasteiger partial charge in [0.05, 0.1) is 0 Å². The summed E-state index contributed by atoms with van der Waals surface area (Å²) < 4.78 is 5.46. The van der Waals surface area contributed by atoms with E-state index < -0.39 is 5.60 Å². The van der Waals surface area contributed by atoms with Gasteiger partial charge >= 0.3 is 6.09 Å². The minimum absolute atomic E-state index is 0.164. The molecule has 5 heteroatoms. The van der Waals surface area contributed by atoms with Crippen LogP contribution in [0.15, 0.2) is 0 Å². The third-order valence-electron chi connectivity index (χ3n) is 4.92. The summed E-state index contributed by atoms with van der Waals surface area (Å²) >= 11 is 0. The van der Waals surface area contributed by atoms with Crippen molar-refractivity contribution >= 4 is 6.09 Å². The van der Waals surface area contributed by atoms with Gasteiger partial charge in [-0.2, -0.15) is 0 Å². The second kappa shape index (κ2) is 5.76. The number of likely N-dealkylation sites (tertiary alicyclic amines) is 1. The van der Waals surface area contributed by atoms with Gasteiger partial charge in [0.1, 0.15) is 5.60 Å². The van der Waals surface area contributed by atoms with Gasteiger partial charge in [0.15, 0.2) is 0 Å². The van der Waals surface area contributed by atoms with Gasteiger partial charge in [0.25, 0.3) is 0 Å². The number of nitrogens with zero attached hydrogens (tertiary/aromatic N) is 2. The van der Waals surface area contributed by atoms with Crippen LogP contribution < -0.4 is 5.32 Å². The Morgan fingerprint density at radius 3 is 2.62 bits per heavy atom. The second-order valence-corrected chi connectivity index (χ2v) is 7.82. The first-order valence-electron chi connectivity index (χ1n) is 8.37. The van der Waals surface area contributed by atoms with Gasteiger partial charge in [-0.1, -0.05) is 0 Å². The van der Waals surface area contributed by atoms with Gasteiger partial charge in [0.2, 0.25) is 0 Å². The third-order valence-corrected chi connectivity index (χ3v) is 4.92. The number of amides is 1. The molecule has 0 aromatic heterocycles. The second-order valence-electron chi connectivity index (χ2n) is 7.82. The molecule has 0 radical (unpaired) electrons. The van der Waals surface area contributed by atoms with E-state index in [0.29, 0.717) is 12.1 Å². The molecule has 21 heavy (non-hydrogen) atoms. The van der Waals surface area contributed by atoms with Crippen LogP contribution in [0.1, 0.15) is 40.0 Å². The van der Waals surface area contributed by atoms with Crippen LogP contribution in [-0.2, 0) is 4.74 Å². The van der Waals surface area contributed by atoms with Crippen molar-refractivity contribution in [3.8, 4) is 0 Å².